The molecule has 400 valence electrons. The Morgan fingerprint density at radius 2 is 1.61 bits per heavy atom. The van der Waals surface area contributed by atoms with Crippen molar-refractivity contribution < 1.29 is 48.2 Å². The molecule has 2 aromatic heterocycles. The Morgan fingerprint density at radius 3 is 2.31 bits per heavy atom. The van der Waals surface area contributed by atoms with Crippen molar-refractivity contribution in [1.82, 2.24) is 41.2 Å². The number of carbonyl (C=O) groups is 6. The van der Waals surface area contributed by atoms with Crippen molar-refractivity contribution >= 4 is 46.8 Å². The molecule has 0 saturated carbocycles. The van der Waals surface area contributed by atoms with Crippen LogP contribution in [0, 0.1) is 12.3 Å². The van der Waals surface area contributed by atoms with Crippen molar-refractivity contribution in [3.05, 3.63) is 106 Å². The van der Waals surface area contributed by atoms with E-state index in [1.54, 1.807) is 37.6 Å². The number of nitrogens with one attached hydrogen (secondary N) is 4. The minimum absolute atomic E-state index is 0.0139. The van der Waals surface area contributed by atoms with Crippen LogP contribution in [0.15, 0.2) is 76.8 Å². The molecule has 6 N–H and O–H groups in total. The highest BCUT2D eigenvalue weighted by Crippen LogP contribution is 2.35. The number of fused-ring (bicyclic) bond motifs is 1. The molecule has 1 aliphatic carbocycles. The van der Waals surface area contributed by atoms with Crippen molar-refractivity contribution in [3.8, 4) is 33.3 Å². The fraction of sp³-hybridized carbons (Fsp3) is 0.464. The van der Waals surface area contributed by atoms with Crippen molar-refractivity contribution in [3.63, 3.8) is 0 Å². The number of aromatic hydroxyl groups is 1. The molecule has 19 heteroatoms. The standard InChI is InChI=1S/C56H70N8O10S/c1-34-50(75-33-59-34)36-17-15-35(16-18-36)30-58-53(70)45-28-39(65)31-64(45)55(72)51(56(2,3)4)61-48(67)14-12-10-8-7-9-11-13-25-57-49(68)32-73-40-21-23-41-37(26-40)20-24-43(41)60-52(69)44-29-47(74-62-44)38-19-22-42(46(66)27-38)54(71)63(5)6/h15-19,21-23,26-27,29,33,39,43,45,51,65-66H,7-14,20,24-25,28,30-32H2,1-6H3,(H,57,68)(H,58,70)(H,60,69)(H,61,67)/t39-,43-,45+,51-/m1/s1. The number of aryl methyl sites for hydroxylation is 2. The highest BCUT2D eigenvalue weighted by molar-refractivity contribution is 7.13. The number of hydrogen-bond acceptors (Lipinski definition) is 13. The number of rotatable bonds is 23. The number of benzene rings is 3. The number of aliphatic hydroxyl groups is 1. The summed E-state index contributed by atoms with van der Waals surface area (Å²) in [6.45, 7) is 8.29. The summed E-state index contributed by atoms with van der Waals surface area (Å²) in [4.78, 5) is 86.8. The maximum atomic E-state index is 14.0. The number of carbonyl (C=O) groups excluding carboxylic acids is 6. The van der Waals surface area contributed by atoms with E-state index in [-0.39, 0.29) is 90.9 Å². The van der Waals surface area contributed by atoms with Crippen LogP contribution in [0.1, 0.15) is 134 Å². The molecule has 3 aromatic carbocycles. The summed E-state index contributed by atoms with van der Waals surface area (Å²) >= 11 is 1.57. The van der Waals surface area contributed by atoms with E-state index in [0.29, 0.717) is 37.1 Å². The van der Waals surface area contributed by atoms with Crippen molar-refractivity contribution in [1.29, 1.82) is 0 Å². The quantitative estimate of drug-likeness (QED) is 0.0362. The lowest BCUT2D eigenvalue weighted by molar-refractivity contribution is -0.144. The lowest BCUT2D eigenvalue weighted by atomic mass is 9.85. The number of likely N-dealkylation sites (tertiary alicyclic amines) is 1. The second kappa shape index (κ2) is 25.4. The summed E-state index contributed by atoms with van der Waals surface area (Å²) < 4.78 is 11.2. The van der Waals surface area contributed by atoms with Gasteiger partial charge in [-0.2, -0.15) is 0 Å². The number of aromatic nitrogens is 2. The van der Waals surface area contributed by atoms with Crippen molar-refractivity contribution in [2.45, 2.75) is 129 Å². The van der Waals surface area contributed by atoms with Crippen LogP contribution >= 0.6 is 11.3 Å². The molecule has 2 aliphatic rings. The fourth-order valence-corrected chi connectivity index (χ4v) is 10.2. The van der Waals surface area contributed by atoms with Gasteiger partial charge in [-0.3, -0.25) is 28.8 Å². The number of phenolic OH excluding ortho intramolecular Hbond substituents is 1. The normalized spacial score (nSPS) is 16.5. The van der Waals surface area contributed by atoms with Gasteiger partial charge in [0.05, 0.1) is 33.8 Å². The number of unbranched alkanes of at least 4 members (excludes halogenated alkanes) is 6. The first kappa shape index (κ1) is 55.6. The molecular formula is C56H70N8O10S. The van der Waals surface area contributed by atoms with E-state index in [4.69, 9.17) is 9.26 Å². The third kappa shape index (κ3) is 14.8. The van der Waals surface area contributed by atoms with Gasteiger partial charge in [0, 0.05) is 58.2 Å². The van der Waals surface area contributed by atoms with Gasteiger partial charge in [0.15, 0.2) is 18.1 Å². The number of thiazole rings is 1. The van der Waals surface area contributed by atoms with Gasteiger partial charge in [0.1, 0.15) is 23.6 Å². The Hall–Kier alpha value is -7.12. The maximum Gasteiger partial charge on any atom is 0.273 e. The Morgan fingerprint density at radius 1 is 0.893 bits per heavy atom. The first-order chi connectivity index (χ1) is 35.9. The number of phenols is 1. The van der Waals surface area contributed by atoms with Gasteiger partial charge in [-0.05, 0) is 84.5 Å². The zero-order valence-electron chi connectivity index (χ0n) is 43.7. The van der Waals surface area contributed by atoms with Crippen LogP contribution in [0.4, 0.5) is 0 Å². The summed E-state index contributed by atoms with van der Waals surface area (Å²) in [6, 6.07) is 17.5. The second-order valence-electron chi connectivity index (χ2n) is 20.7. The van der Waals surface area contributed by atoms with Gasteiger partial charge in [-0.25, -0.2) is 4.98 Å². The number of amides is 6. The summed E-state index contributed by atoms with van der Waals surface area (Å²) in [5.41, 5.74) is 6.75. The molecule has 3 heterocycles. The molecule has 7 rings (SSSR count). The van der Waals surface area contributed by atoms with E-state index in [1.165, 1.54) is 28.0 Å². The molecule has 4 atom stereocenters. The summed E-state index contributed by atoms with van der Waals surface area (Å²) in [5.74, 6) is -1.31. The molecule has 6 amide bonds. The van der Waals surface area contributed by atoms with E-state index in [2.05, 4.69) is 31.4 Å². The smallest absolute Gasteiger partial charge is 0.273 e. The fourth-order valence-electron chi connectivity index (χ4n) is 9.43. The molecule has 0 bridgehead atoms. The van der Waals surface area contributed by atoms with Crippen LogP contribution in [0.3, 0.4) is 0 Å². The minimum Gasteiger partial charge on any atom is -0.507 e. The Labute approximate surface area is 442 Å². The Bertz CT molecular complexity index is 2820. The van der Waals surface area contributed by atoms with E-state index >= 15 is 0 Å². The molecule has 5 aromatic rings. The Balaban J connectivity index is 0.741. The molecule has 0 radical (unpaired) electrons. The lowest BCUT2D eigenvalue weighted by Gasteiger charge is -2.35. The molecule has 1 saturated heterocycles. The third-order valence-electron chi connectivity index (χ3n) is 13.6. The summed E-state index contributed by atoms with van der Waals surface area (Å²) in [5, 5.41) is 36.7. The van der Waals surface area contributed by atoms with Gasteiger partial charge in [-0.1, -0.05) is 94.4 Å². The molecular weight excluding hydrogens is 977 g/mol. The van der Waals surface area contributed by atoms with Crippen LogP contribution in [0.5, 0.6) is 11.5 Å². The zero-order chi connectivity index (χ0) is 53.8. The van der Waals surface area contributed by atoms with Crippen LogP contribution in [-0.2, 0) is 32.1 Å². The molecule has 0 unspecified atom stereocenters. The van der Waals surface area contributed by atoms with Gasteiger partial charge in [0.25, 0.3) is 17.7 Å². The SMILES string of the molecule is Cc1ncsc1-c1ccc(CNC(=O)[C@@H]2C[C@@H](O)CN2C(=O)[C@@H](NC(=O)CCCCCCCCCNC(=O)COc2ccc3c(c2)CC[C@H]3NC(=O)c2cc(-c3ccc(C(=O)N(C)C)c(O)c3)on2)C(C)(C)C)cc1. The number of nitrogens with zero attached hydrogens (tertiary/aromatic N) is 4. The first-order valence-electron chi connectivity index (χ1n) is 25.8. The maximum absolute atomic E-state index is 14.0. The molecule has 1 fully saturated rings. The number of hydrogen-bond donors (Lipinski definition) is 6. The van der Waals surface area contributed by atoms with Crippen LogP contribution in [-0.4, -0.2) is 118 Å². The average Bonchev–Trinajstić information content (AvgIpc) is 4.22. The summed E-state index contributed by atoms with van der Waals surface area (Å²) in [7, 11) is 3.19. The monoisotopic (exact) mass is 1050 g/mol. The van der Waals surface area contributed by atoms with Gasteiger partial charge < -0.3 is 50.5 Å². The number of ether oxygens (including phenoxy) is 1. The van der Waals surface area contributed by atoms with Crippen molar-refractivity contribution in [2.75, 3.05) is 33.8 Å². The van der Waals surface area contributed by atoms with Crippen molar-refractivity contribution in [2.24, 2.45) is 5.41 Å². The predicted molar refractivity (Wildman–Crippen MR) is 284 cm³/mol. The Kier molecular flexibility index (Phi) is 18.8. The van der Waals surface area contributed by atoms with Crippen LogP contribution < -0.4 is 26.0 Å². The largest absolute Gasteiger partial charge is 0.507 e. The lowest BCUT2D eigenvalue weighted by Crippen LogP contribution is -2.57. The van der Waals surface area contributed by atoms with Crippen LogP contribution in [0.2, 0.25) is 0 Å². The van der Waals surface area contributed by atoms with E-state index < -0.39 is 29.5 Å². The third-order valence-corrected chi connectivity index (χ3v) is 14.6. The first-order valence-corrected chi connectivity index (χ1v) is 26.6. The average molecular weight is 1050 g/mol. The van der Waals surface area contributed by atoms with Crippen LogP contribution in [0.25, 0.3) is 21.8 Å². The molecule has 0 spiro atoms. The van der Waals surface area contributed by atoms with Gasteiger partial charge in [0.2, 0.25) is 17.7 Å². The highest BCUT2D eigenvalue weighted by atomic mass is 32.1. The molecule has 1 aliphatic heterocycles. The topological polar surface area (TPSA) is 246 Å². The molecule has 75 heavy (non-hydrogen) atoms. The van der Waals surface area contributed by atoms with Gasteiger partial charge >= 0.3 is 0 Å². The highest BCUT2D eigenvalue weighted by Gasteiger charge is 2.44. The second-order valence-corrected chi connectivity index (χ2v) is 21.6. The predicted octanol–water partition coefficient (Wildman–Crippen LogP) is 7.02. The molecule has 18 nitrogen and oxygen atoms in total. The van der Waals surface area contributed by atoms with E-state index in [0.717, 1.165) is 71.3 Å². The van der Waals surface area contributed by atoms with E-state index in [9.17, 15) is 39.0 Å². The van der Waals surface area contributed by atoms with E-state index in [1.807, 2.05) is 69.6 Å². The zero-order valence-corrected chi connectivity index (χ0v) is 44.5. The van der Waals surface area contributed by atoms with Gasteiger partial charge in [-0.15, -0.1) is 11.3 Å². The number of aliphatic hydroxyl groups excluding tert-OH is 1. The summed E-state index contributed by atoms with van der Waals surface area (Å²) in [6.07, 6.45) is 7.17. The number of β-amino-alcohol motifs (C(OH)–C–C–N with tert-alkyl or cyclic N) is 1. The minimum atomic E-state index is -0.876.